The highest BCUT2D eigenvalue weighted by molar-refractivity contribution is 6.48. The Bertz CT molecular complexity index is 283. The van der Waals surface area contributed by atoms with Crippen LogP contribution in [0.4, 0.5) is 0 Å². The molecule has 1 aliphatic heterocycles. The molecule has 16 heavy (non-hydrogen) atoms. The second-order valence-corrected chi connectivity index (χ2v) is 5.82. The van der Waals surface area contributed by atoms with E-state index < -0.39 is 0 Å². The lowest BCUT2D eigenvalue weighted by molar-refractivity contribution is 0.00578. The maximum atomic E-state index is 9.41. The third-order valence-corrected chi connectivity index (χ3v) is 4.00. The van der Waals surface area contributed by atoms with E-state index in [9.17, 15) is 5.11 Å². The topological polar surface area (TPSA) is 38.7 Å². The first-order chi connectivity index (χ1) is 7.32. The molecule has 2 rings (SSSR count). The van der Waals surface area contributed by atoms with E-state index >= 15 is 0 Å². The van der Waals surface area contributed by atoms with Gasteiger partial charge < -0.3 is 14.4 Å². The normalized spacial score (nSPS) is 36.7. The molecule has 0 spiro atoms. The van der Waals surface area contributed by atoms with Crippen molar-refractivity contribution in [3.63, 3.8) is 0 Å². The Labute approximate surface area is 98.0 Å². The van der Waals surface area contributed by atoms with Crippen molar-refractivity contribution in [1.82, 2.24) is 0 Å². The van der Waals surface area contributed by atoms with Crippen LogP contribution in [0.2, 0.25) is 5.82 Å². The van der Waals surface area contributed by atoms with Gasteiger partial charge in [-0.15, -0.1) is 0 Å². The van der Waals surface area contributed by atoms with E-state index in [1.807, 2.05) is 12.2 Å². The van der Waals surface area contributed by atoms with Crippen molar-refractivity contribution < 1.29 is 14.4 Å². The van der Waals surface area contributed by atoms with Crippen LogP contribution < -0.4 is 0 Å². The zero-order valence-corrected chi connectivity index (χ0v) is 10.6. The minimum Gasteiger partial charge on any atom is -0.403 e. The summed E-state index contributed by atoms with van der Waals surface area (Å²) >= 11 is 0. The molecule has 0 bridgehead atoms. The zero-order valence-electron chi connectivity index (χ0n) is 10.6. The molecule has 0 aromatic carbocycles. The molecule has 1 N–H and O–H groups in total. The van der Waals surface area contributed by atoms with Crippen LogP contribution in [-0.2, 0) is 9.31 Å². The summed E-state index contributed by atoms with van der Waals surface area (Å²) in [7, 11) is -0.172. The Balaban J connectivity index is 2.06. The van der Waals surface area contributed by atoms with Gasteiger partial charge in [0.05, 0.1) is 17.3 Å². The number of allylic oxidation sites excluding steroid dienone is 1. The fourth-order valence-corrected chi connectivity index (χ4v) is 2.12. The van der Waals surface area contributed by atoms with Crippen molar-refractivity contribution in [1.29, 1.82) is 0 Å². The van der Waals surface area contributed by atoms with Gasteiger partial charge in [-0.1, -0.05) is 12.2 Å². The van der Waals surface area contributed by atoms with E-state index in [-0.39, 0.29) is 30.2 Å². The number of hydrogen-bond acceptors (Lipinski definition) is 3. The summed E-state index contributed by atoms with van der Waals surface area (Å²) in [6.45, 7) is 8.26. The van der Waals surface area contributed by atoms with Crippen LogP contribution in [0.25, 0.3) is 0 Å². The Morgan fingerprint density at radius 1 is 1.06 bits per heavy atom. The molecule has 0 aromatic rings. The second kappa shape index (κ2) is 3.86. The predicted molar refractivity (Wildman–Crippen MR) is 64.2 cm³/mol. The molecule has 1 aliphatic carbocycles. The lowest BCUT2D eigenvalue weighted by Gasteiger charge is -2.32. The van der Waals surface area contributed by atoms with Gasteiger partial charge >= 0.3 is 7.12 Å². The fraction of sp³-hybridized carbons (Fsp3) is 0.833. The minimum atomic E-state index is -0.293. The van der Waals surface area contributed by atoms with Crippen molar-refractivity contribution in [3.8, 4) is 0 Å². The van der Waals surface area contributed by atoms with E-state index in [1.165, 1.54) is 0 Å². The Morgan fingerprint density at radius 2 is 1.62 bits per heavy atom. The quantitative estimate of drug-likeness (QED) is 0.547. The molecule has 2 aliphatic rings. The van der Waals surface area contributed by atoms with Gasteiger partial charge in [-0.3, -0.25) is 0 Å². The summed E-state index contributed by atoms with van der Waals surface area (Å²) in [5.41, 5.74) is -0.525. The van der Waals surface area contributed by atoms with E-state index in [0.717, 1.165) is 12.8 Å². The number of aliphatic hydroxyl groups is 1. The molecule has 2 unspecified atom stereocenters. The second-order valence-electron chi connectivity index (χ2n) is 5.82. The van der Waals surface area contributed by atoms with Crippen LogP contribution >= 0.6 is 0 Å². The van der Waals surface area contributed by atoms with Gasteiger partial charge in [0.15, 0.2) is 0 Å². The first-order valence-corrected chi connectivity index (χ1v) is 6.04. The molecule has 3 nitrogen and oxygen atoms in total. The minimum absolute atomic E-state index is 0.172. The Kier molecular flexibility index (Phi) is 2.93. The van der Waals surface area contributed by atoms with E-state index in [1.54, 1.807) is 0 Å². The van der Waals surface area contributed by atoms with Crippen LogP contribution in [0.5, 0.6) is 0 Å². The molecule has 0 amide bonds. The molecule has 1 saturated heterocycles. The molecule has 2 atom stereocenters. The smallest absolute Gasteiger partial charge is 0.403 e. The highest BCUT2D eigenvalue weighted by Crippen LogP contribution is 2.42. The maximum absolute atomic E-state index is 9.41. The molecule has 1 heterocycles. The van der Waals surface area contributed by atoms with Gasteiger partial charge in [0.1, 0.15) is 0 Å². The fourth-order valence-electron chi connectivity index (χ4n) is 2.12. The average Bonchev–Trinajstić information content (AvgIpc) is 2.37. The Morgan fingerprint density at radius 3 is 2.06 bits per heavy atom. The van der Waals surface area contributed by atoms with Gasteiger partial charge in [0.2, 0.25) is 0 Å². The molecular formula is C12H21BO3. The molecule has 0 saturated carbocycles. The van der Waals surface area contributed by atoms with Gasteiger partial charge in [-0.05, 0) is 40.5 Å². The van der Waals surface area contributed by atoms with Crippen molar-refractivity contribution in [2.75, 3.05) is 0 Å². The zero-order chi connectivity index (χ0) is 12.0. The molecule has 1 fully saturated rings. The van der Waals surface area contributed by atoms with Crippen LogP contribution in [-0.4, -0.2) is 29.5 Å². The summed E-state index contributed by atoms with van der Waals surface area (Å²) in [6.07, 6.45) is 5.30. The van der Waals surface area contributed by atoms with E-state index in [0.29, 0.717) is 0 Å². The molecular weight excluding hydrogens is 203 g/mol. The predicted octanol–water partition coefficient (Wildman–Crippen LogP) is 2.16. The highest BCUT2D eigenvalue weighted by atomic mass is 16.7. The monoisotopic (exact) mass is 224 g/mol. The first kappa shape index (κ1) is 12.2. The van der Waals surface area contributed by atoms with Crippen molar-refractivity contribution >= 4 is 7.12 Å². The highest BCUT2D eigenvalue weighted by Gasteiger charge is 2.53. The van der Waals surface area contributed by atoms with E-state index in [2.05, 4.69) is 27.7 Å². The van der Waals surface area contributed by atoms with Crippen LogP contribution in [0, 0.1) is 0 Å². The third kappa shape index (κ3) is 2.06. The number of hydrogen-bond donors (Lipinski definition) is 1. The largest absolute Gasteiger partial charge is 0.465 e. The van der Waals surface area contributed by atoms with Gasteiger partial charge in [0, 0.05) is 5.82 Å². The standard InChI is InChI=1S/C12H21BO3/c1-11(2)12(3,4)16-13(15-11)9-5-7-10(14)8-6-9/h5,7,9-10,14H,6,8H2,1-4H3. The molecule has 0 aromatic heterocycles. The van der Waals surface area contributed by atoms with Gasteiger partial charge in [-0.2, -0.15) is 0 Å². The number of aliphatic hydroxyl groups excluding tert-OH is 1. The third-order valence-electron chi connectivity index (χ3n) is 4.00. The molecule has 4 heteroatoms. The first-order valence-electron chi connectivity index (χ1n) is 6.04. The van der Waals surface area contributed by atoms with E-state index in [4.69, 9.17) is 9.31 Å². The molecule has 90 valence electrons. The maximum Gasteiger partial charge on any atom is 0.465 e. The van der Waals surface area contributed by atoms with Crippen LogP contribution in [0.1, 0.15) is 40.5 Å². The number of rotatable bonds is 1. The van der Waals surface area contributed by atoms with Crippen molar-refractivity contribution in [2.45, 2.75) is 63.7 Å². The summed E-state index contributed by atoms with van der Waals surface area (Å²) in [4.78, 5) is 0. The summed E-state index contributed by atoms with van der Waals surface area (Å²) < 4.78 is 12.0. The Hall–Kier alpha value is -0.315. The van der Waals surface area contributed by atoms with Gasteiger partial charge in [0.25, 0.3) is 0 Å². The summed E-state index contributed by atoms with van der Waals surface area (Å²) in [5, 5.41) is 9.41. The van der Waals surface area contributed by atoms with Crippen LogP contribution in [0.15, 0.2) is 12.2 Å². The SMILES string of the molecule is CC1(C)OB(C2C=CC(O)CC2)OC1(C)C. The molecule has 0 radical (unpaired) electrons. The average molecular weight is 224 g/mol. The van der Waals surface area contributed by atoms with Crippen molar-refractivity contribution in [3.05, 3.63) is 12.2 Å². The lowest BCUT2D eigenvalue weighted by atomic mass is 9.67. The summed E-state index contributed by atoms with van der Waals surface area (Å²) in [6, 6.07) is 0. The lowest BCUT2D eigenvalue weighted by Crippen LogP contribution is -2.41. The van der Waals surface area contributed by atoms with Gasteiger partial charge in [-0.25, -0.2) is 0 Å². The summed E-state index contributed by atoms with van der Waals surface area (Å²) in [5.74, 6) is 0.268. The van der Waals surface area contributed by atoms with Crippen LogP contribution in [0.3, 0.4) is 0 Å². The van der Waals surface area contributed by atoms with Crippen molar-refractivity contribution in [2.24, 2.45) is 0 Å².